The topological polar surface area (TPSA) is 229 Å². The molecule has 2 aromatic heterocycles. The predicted molar refractivity (Wildman–Crippen MR) is 297 cm³/mol. The first kappa shape index (κ1) is 57.6. The standard InChI is InChI=1S/C59H74N8O10S/c1-8-40-30-44-45(59(6,7)54-51(52(44)71)43-14-11-39(33-60)29-46(43)63-54)32-47(40)65-17-19-66(20-18-65)50(70)16-22-75-24-26-77-28-27-76-25-23-74-21-15-49(69)64-55(58(3,4)5)57(73)67-35-42(68)31-48(67)56(72)61-34-38-9-12-41(13-10-38)53-37(2)62-36-78-53/h9-14,29-30,32,36,42,48,55,63,68H,8,15-28,31,34-35H2,1-7H3,(H,61,72)(H,64,69)/t42-,48+,55?/m1/s1. The number of aliphatic hydroxyl groups excluding tert-OH is 1. The largest absolute Gasteiger partial charge is 0.391 e. The summed E-state index contributed by atoms with van der Waals surface area (Å²) < 4.78 is 22.6. The maximum Gasteiger partial charge on any atom is 0.246 e. The Morgan fingerprint density at radius 2 is 1.56 bits per heavy atom. The number of rotatable bonds is 23. The highest BCUT2D eigenvalue weighted by Crippen LogP contribution is 2.46. The number of benzene rings is 3. The van der Waals surface area contributed by atoms with Gasteiger partial charge in [-0.2, -0.15) is 5.26 Å². The fourth-order valence-electron chi connectivity index (χ4n) is 10.6. The maximum absolute atomic E-state index is 14.1. The minimum absolute atomic E-state index is 0.00526. The predicted octanol–water partition coefficient (Wildman–Crippen LogP) is 6.21. The monoisotopic (exact) mass is 1090 g/mol. The molecule has 0 radical (unpaired) electrons. The Hall–Kier alpha value is -6.53. The van der Waals surface area contributed by atoms with Crippen molar-refractivity contribution in [1.82, 2.24) is 30.4 Å². The highest BCUT2D eigenvalue weighted by molar-refractivity contribution is 7.13. The Morgan fingerprint density at radius 1 is 0.910 bits per heavy atom. The number of aryl methyl sites for hydroxylation is 2. The highest BCUT2D eigenvalue weighted by Gasteiger charge is 2.45. The Kier molecular flexibility index (Phi) is 18.8. The maximum atomic E-state index is 14.1. The van der Waals surface area contributed by atoms with Crippen molar-refractivity contribution < 1.29 is 48.0 Å². The third kappa shape index (κ3) is 13.3. The molecular weight excluding hydrogens is 1010 g/mol. The summed E-state index contributed by atoms with van der Waals surface area (Å²) in [5.74, 6) is -1.13. The molecule has 18 nitrogen and oxygen atoms in total. The molecule has 2 saturated heterocycles. The summed E-state index contributed by atoms with van der Waals surface area (Å²) in [6.07, 6.45) is 0.274. The van der Waals surface area contributed by atoms with Gasteiger partial charge < -0.3 is 54.4 Å². The summed E-state index contributed by atoms with van der Waals surface area (Å²) in [5.41, 5.74) is 10.3. The van der Waals surface area contributed by atoms with Crippen molar-refractivity contribution in [2.75, 3.05) is 90.5 Å². The number of β-amino-alcohol motifs (C(OH)–C–C–N with tert-alkyl or cyclic N) is 1. The number of likely N-dealkylation sites (tertiary alicyclic amines) is 1. The number of fused-ring (bicyclic) bond motifs is 4. The first-order valence-electron chi connectivity index (χ1n) is 27.1. The van der Waals surface area contributed by atoms with E-state index in [4.69, 9.17) is 18.9 Å². The fourth-order valence-corrected chi connectivity index (χ4v) is 11.4. The molecule has 0 bridgehead atoms. The molecule has 19 heteroatoms. The van der Waals surface area contributed by atoms with E-state index in [-0.39, 0.29) is 75.7 Å². The van der Waals surface area contributed by atoms with Gasteiger partial charge in [0.2, 0.25) is 23.6 Å². The van der Waals surface area contributed by atoms with Crippen LogP contribution in [-0.4, -0.2) is 158 Å². The van der Waals surface area contributed by atoms with Gasteiger partial charge in [0, 0.05) is 85.4 Å². The van der Waals surface area contributed by atoms with Crippen LogP contribution in [0.25, 0.3) is 21.3 Å². The zero-order valence-electron chi connectivity index (χ0n) is 46.0. The number of nitrogens with zero attached hydrogens (tertiary/aromatic N) is 5. The lowest BCUT2D eigenvalue weighted by molar-refractivity contribution is -0.144. The van der Waals surface area contributed by atoms with E-state index in [9.17, 15) is 34.3 Å². The number of aromatic amines is 1. The van der Waals surface area contributed by atoms with Crippen LogP contribution in [0.1, 0.15) is 110 Å². The number of thiazole rings is 1. The quantitative estimate of drug-likeness (QED) is 0.0535. The summed E-state index contributed by atoms with van der Waals surface area (Å²) in [5, 5.41) is 26.7. The van der Waals surface area contributed by atoms with Crippen LogP contribution in [0.5, 0.6) is 0 Å². The molecule has 4 amide bonds. The van der Waals surface area contributed by atoms with Crippen LogP contribution in [-0.2, 0) is 56.5 Å². The van der Waals surface area contributed by atoms with E-state index in [1.807, 2.05) is 68.4 Å². The van der Waals surface area contributed by atoms with Crippen molar-refractivity contribution >= 4 is 57.3 Å². The van der Waals surface area contributed by atoms with Gasteiger partial charge in [-0.15, -0.1) is 11.3 Å². The molecule has 3 aliphatic rings. The van der Waals surface area contributed by atoms with Gasteiger partial charge in [-0.3, -0.25) is 24.0 Å². The number of ketones is 1. The number of anilines is 1. The number of piperazine rings is 1. The molecule has 3 atom stereocenters. The van der Waals surface area contributed by atoms with Gasteiger partial charge in [-0.1, -0.05) is 71.9 Å². The summed E-state index contributed by atoms with van der Waals surface area (Å²) >= 11 is 1.57. The van der Waals surface area contributed by atoms with Gasteiger partial charge in [0.05, 0.1) is 98.7 Å². The molecule has 416 valence electrons. The second-order valence-electron chi connectivity index (χ2n) is 21.8. The third-order valence-corrected chi connectivity index (χ3v) is 16.0. The number of H-pyrrole nitrogens is 1. The van der Waals surface area contributed by atoms with Crippen molar-refractivity contribution in [2.45, 2.75) is 104 Å². The smallest absolute Gasteiger partial charge is 0.246 e. The molecule has 0 saturated carbocycles. The van der Waals surface area contributed by atoms with Crippen LogP contribution in [0.2, 0.25) is 0 Å². The van der Waals surface area contributed by atoms with Gasteiger partial charge in [-0.25, -0.2) is 4.98 Å². The van der Waals surface area contributed by atoms with E-state index >= 15 is 0 Å². The lowest BCUT2D eigenvalue weighted by Crippen LogP contribution is -2.57. The molecule has 1 aliphatic carbocycles. The average molecular weight is 1090 g/mol. The molecule has 4 N–H and O–H groups in total. The minimum Gasteiger partial charge on any atom is -0.391 e. The Labute approximate surface area is 460 Å². The van der Waals surface area contributed by atoms with Gasteiger partial charge >= 0.3 is 0 Å². The first-order valence-corrected chi connectivity index (χ1v) is 27.9. The van der Waals surface area contributed by atoms with E-state index in [2.05, 4.69) is 64.5 Å². The molecule has 1 unspecified atom stereocenters. The molecule has 5 aromatic rings. The second kappa shape index (κ2) is 25.5. The van der Waals surface area contributed by atoms with Crippen LogP contribution in [0.15, 0.2) is 60.1 Å². The number of hydrogen-bond acceptors (Lipinski definition) is 14. The van der Waals surface area contributed by atoms with E-state index < -0.39 is 34.9 Å². The molecule has 2 aliphatic heterocycles. The van der Waals surface area contributed by atoms with Crippen LogP contribution in [0.3, 0.4) is 0 Å². The number of nitrogens with one attached hydrogen (secondary N) is 3. The number of carbonyl (C=O) groups is 5. The van der Waals surface area contributed by atoms with Gasteiger partial charge in [0.15, 0.2) is 5.78 Å². The normalized spacial score (nSPS) is 17.4. The zero-order valence-corrected chi connectivity index (χ0v) is 46.8. The van der Waals surface area contributed by atoms with Crippen molar-refractivity contribution in [1.29, 1.82) is 5.26 Å². The summed E-state index contributed by atoms with van der Waals surface area (Å²) in [6, 6.07) is 17.9. The second-order valence-corrected chi connectivity index (χ2v) is 22.7. The highest BCUT2D eigenvalue weighted by atomic mass is 32.1. The van der Waals surface area contributed by atoms with Crippen LogP contribution in [0, 0.1) is 23.7 Å². The van der Waals surface area contributed by atoms with E-state index in [0.717, 1.165) is 61.5 Å². The summed E-state index contributed by atoms with van der Waals surface area (Å²) in [7, 11) is 0. The molecule has 8 rings (SSSR count). The van der Waals surface area contributed by atoms with Gasteiger partial charge in [-0.05, 0) is 65.3 Å². The molecule has 2 fully saturated rings. The van der Waals surface area contributed by atoms with Gasteiger partial charge in [0.1, 0.15) is 12.1 Å². The van der Waals surface area contributed by atoms with Crippen LogP contribution in [0.4, 0.5) is 5.69 Å². The fraction of sp³-hybridized carbons (Fsp3) is 0.508. The number of carbonyl (C=O) groups excluding carboxylic acids is 5. The number of aliphatic hydroxyl groups is 1. The van der Waals surface area contributed by atoms with E-state index in [1.165, 1.54) is 4.90 Å². The molecular formula is C59H74N8O10S. The SMILES string of the molecule is CCc1cc2c(cc1N1CCN(C(=O)CCOCCOCCOCCOCCC(=O)NC(C(=O)N3C[C@H](O)C[C@H]3C(=O)NCc3ccc(-c4scnc4C)cc3)C(C)(C)C)CC1)C(C)(C)c1[nH]c3cc(C#N)ccc3c1C2=O. The van der Waals surface area contributed by atoms with E-state index in [1.54, 1.807) is 23.5 Å². The Morgan fingerprint density at radius 3 is 2.18 bits per heavy atom. The molecule has 0 spiro atoms. The van der Waals surface area contributed by atoms with Crippen molar-refractivity contribution in [3.05, 3.63) is 105 Å². The van der Waals surface area contributed by atoms with Crippen molar-refractivity contribution in [3.8, 4) is 16.5 Å². The lowest BCUT2D eigenvalue weighted by Gasteiger charge is -2.39. The lowest BCUT2D eigenvalue weighted by atomic mass is 9.70. The van der Waals surface area contributed by atoms with Crippen molar-refractivity contribution in [3.63, 3.8) is 0 Å². The molecule has 4 heterocycles. The molecule has 3 aromatic carbocycles. The van der Waals surface area contributed by atoms with Gasteiger partial charge in [0.25, 0.3) is 0 Å². The average Bonchev–Trinajstić information content (AvgIpc) is 4.35. The number of hydrogen-bond donors (Lipinski definition) is 4. The number of amides is 4. The number of nitriles is 1. The van der Waals surface area contributed by atoms with Crippen molar-refractivity contribution in [2.24, 2.45) is 5.41 Å². The van der Waals surface area contributed by atoms with Crippen LogP contribution < -0.4 is 15.5 Å². The zero-order chi connectivity index (χ0) is 55.7. The third-order valence-electron chi connectivity index (χ3n) is 15.0. The van der Waals surface area contributed by atoms with E-state index in [0.29, 0.717) is 75.9 Å². The Balaban J connectivity index is 0.667. The minimum atomic E-state index is -0.940. The number of ether oxygens (including phenoxy) is 4. The Bertz CT molecular complexity index is 3000. The summed E-state index contributed by atoms with van der Waals surface area (Å²) in [4.78, 5) is 82.2. The molecule has 78 heavy (non-hydrogen) atoms. The summed E-state index contributed by atoms with van der Waals surface area (Å²) in [6.45, 7) is 19.0. The first-order chi connectivity index (χ1) is 37.4. The number of aromatic nitrogens is 2. The van der Waals surface area contributed by atoms with Crippen LogP contribution >= 0.6 is 11.3 Å².